The number of hydrogen-bond donors (Lipinski definition) is 1. The van der Waals surface area contributed by atoms with Crippen molar-refractivity contribution in [2.75, 3.05) is 7.11 Å². The van der Waals surface area contributed by atoms with Gasteiger partial charge >= 0.3 is 5.97 Å². The zero-order valence-electron chi connectivity index (χ0n) is 14.6. The third kappa shape index (κ3) is 3.67. The number of ether oxygens (including phenoxy) is 1. The number of nitrogens with zero attached hydrogens (tertiary/aromatic N) is 1. The minimum Gasteiger partial charge on any atom is -0.496 e. The fourth-order valence-corrected chi connectivity index (χ4v) is 2.86. The highest BCUT2D eigenvalue weighted by molar-refractivity contribution is 5.87. The lowest BCUT2D eigenvalue weighted by molar-refractivity contribution is 0.0696. The van der Waals surface area contributed by atoms with Gasteiger partial charge in [-0.25, -0.2) is 4.79 Å². The van der Waals surface area contributed by atoms with Gasteiger partial charge in [0.15, 0.2) is 0 Å². The lowest BCUT2D eigenvalue weighted by Crippen LogP contribution is -2.20. The fraction of sp³-hybridized carbons (Fsp3) is 0.143. The Bertz CT molecular complexity index is 1020. The van der Waals surface area contributed by atoms with Gasteiger partial charge in [-0.2, -0.15) is 0 Å². The Kier molecular flexibility index (Phi) is 4.89. The van der Waals surface area contributed by atoms with E-state index in [-0.39, 0.29) is 11.1 Å². The molecule has 0 unspecified atom stereocenters. The first-order chi connectivity index (χ1) is 12.5. The van der Waals surface area contributed by atoms with Crippen molar-refractivity contribution in [1.82, 2.24) is 4.57 Å². The van der Waals surface area contributed by atoms with Crippen molar-refractivity contribution < 1.29 is 14.6 Å². The number of methoxy groups -OCH3 is 1. The number of aromatic nitrogens is 1. The molecule has 0 atom stereocenters. The van der Waals surface area contributed by atoms with Gasteiger partial charge in [-0.05, 0) is 36.2 Å². The van der Waals surface area contributed by atoms with Crippen LogP contribution in [-0.2, 0) is 6.54 Å². The van der Waals surface area contributed by atoms with Gasteiger partial charge in [0, 0.05) is 17.8 Å². The van der Waals surface area contributed by atoms with Gasteiger partial charge in [-0.1, -0.05) is 35.9 Å². The van der Waals surface area contributed by atoms with Gasteiger partial charge in [-0.15, -0.1) is 0 Å². The van der Waals surface area contributed by atoms with E-state index in [0.29, 0.717) is 6.54 Å². The van der Waals surface area contributed by atoms with Gasteiger partial charge in [0.2, 0.25) is 0 Å². The molecule has 0 saturated heterocycles. The van der Waals surface area contributed by atoms with E-state index < -0.39 is 5.97 Å². The first-order valence-corrected chi connectivity index (χ1v) is 8.15. The average molecular weight is 349 g/mol. The number of carbonyl (C=O) groups is 1. The molecule has 132 valence electrons. The van der Waals surface area contributed by atoms with Gasteiger partial charge in [-0.3, -0.25) is 4.79 Å². The standard InChI is InChI=1S/C21H19NO4/c1-14-4-3-5-16(10-14)18-11-15(6-7-19(18)26-2)13-22-9-8-17(21(24)25)12-20(22)23/h3-12H,13H2,1-2H3,(H,24,25). The summed E-state index contributed by atoms with van der Waals surface area (Å²) >= 11 is 0. The van der Waals surface area contributed by atoms with Crippen LogP contribution >= 0.6 is 0 Å². The van der Waals surface area contributed by atoms with Gasteiger partial charge in [0.25, 0.3) is 5.56 Å². The molecule has 1 aromatic heterocycles. The number of aryl methyl sites for hydroxylation is 1. The number of pyridine rings is 1. The zero-order valence-corrected chi connectivity index (χ0v) is 14.6. The summed E-state index contributed by atoms with van der Waals surface area (Å²) in [5, 5.41) is 8.97. The number of aromatic carboxylic acids is 1. The second-order valence-electron chi connectivity index (χ2n) is 6.09. The molecule has 0 saturated carbocycles. The van der Waals surface area contributed by atoms with Crippen LogP contribution in [0.1, 0.15) is 21.5 Å². The predicted octanol–water partition coefficient (Wildman–Crippen LogP) is 3.58. The van der Waals surface area contributed by atoms with Crippen LogP contribution in [0.15, 0.2) is 65.6 Å². The number of benzene rings is 2. The van der Waals surface area contributed by atoms with Crippen molar-refractivity contribution in [1.29, 1.82) is 0 Å². The van der Waals surface area contributed by atoms with Gasteiger partial charge in [0.05, 0.1) is 19.2 Å². The Labute approximate surface area is 151 Å². The molecule has 0 bridgehead atoms. The highest BCUT2D eigenvalue weighted by Crippen LogP contribution is 2.31. The monoisotopic (exact) mass is 349 g/mol. The molecule has 26 heavy (non-hydrogen) atoms. The van der Waals surface area contributed by atoms with Crippen LogP contribution in [0.5, 0.6) is 5.75 Å². The summed E-state index contributed by atoms with van der Waals surface area (Å²) in [6, 6.07) is 16.4. The molecule has 1 N–H and O–H groups in total. The van der Waals surface area contributed by atoms with Crippen LogP contribution in [0.4, 0.5) is 0 Å². The second kappa shape index (κ2) is 7.27. The van der Waals surface area contributed by atoms with Gasteiger partial charge < -0.3 is 14.4 Å². The smallest absolute Gasteiger partial charge is 0.335 e. The van der Waals surface area contributed by atoms with Crippen LogP contribution in [0.2, 0.25) is 0 Å². The third-order valence-electron chi connectivity index (χ3n) is 4.19. The van der Waals surface area contributed by atoms with E-state index >= 15 is 0 Å². The second-order valence-corrected chi connectivity index (χ2v) is 6.09. The predicted molar refractivity (Wildman–Crippen MR) is 99.9 cm³/mol. The van der Waals surface area contributed by atoms with Crippen LogP contribution in [-0.4, -0.2) is 22.8 Å². The van der Waals surface area contributed by atoms with E-state index in [1.807, 2.05) is 43.3 Å². The summed E-state index contributed by atoms with van der Waals surface area (Å²) in [6.07, 6.45) is 1.50. The quantitative estimate of drug-likeness (QED) is 0.764. The first-order valence-electron chi connectivity index (χ1n) is 8.15. The maximum absolute atomic E-state index is 12.1. The average Bonchev–Trinajstić information content (AvgIpc) is 2.63. The molecule has 5 nitrogen and oxygen atoms in total. The molecule has 2 aromatic carbocycles. The summed E-state index contributed by atoms with van der Waals surface area (Å²) < 4.78 is 6.96. The van der Waals surface area contributed by atoms with E-state index in [2.05, 4.69) is 6.07 Å². The summed E-state index contributed by atoms with van der Waals surface area (Å²) in [5.41, 5.74) is 3.70. The third-order valence-corrected chi connectivity index (χ3v) is 4.19. The molecule has 0 radical (unpaired) electrons. The Morgan fingerprint density at radius 2 is 1.92 bits per heavy atom. The minimum absolute atomic E-state index is 0.0126. The van der Waals surface area contributed by atoms with Gasteiger partial charge in [0.1, 0.15) is 5.75 Å². The molecule has 3 rings (SSSR count). The van der Waals surface area contributed by atoms with E-state index in [9.17, 15) is 9.59 Å². The van der Waals surface area contributed by atoms with Crippen molar-refractivity contribution in [3.63, 3.8) is 0 Å². The summed E-state index contributed by atoms with van der Waals surface area (Å²) in [6.45, 7) is 2.38. The molecule has 0 spiro atoms. The lowest BCUT2D eigenvalue weighted by atomic mass is 10.00. The van der Waals surface area contributed by atoms with Crippen molar-refractivity contribution in [3.05, 3.63) is 87.8 Å². The van der Waals surface area contributed by atoms with Crippen LogP contribution in [0.25, 0.3) is 11.1 Å². The van der Waals surface area contributed by atoms with E-state index in [0.717, 1.165) is 34.1 Å². The van der Waals surface area contributed by atoms with E-state index in [1.165, 1.54) is 16.8 Å². The highest BCUT2D eigenvalue weighted by Gasteiger charge is 2.09. The lowest BCUT2D eigenvalue weighted by Gasteiger charge is -2.13. The van der Waals surface area contributed by atoms with Crippen molar-refractivity contribution in [3.8, 4) is 16.9 Å². The zero-order chi connectivity index (χ0) is 18.7. The Morgan fingerprint density at radius 3 is 2.58 bits per heavy atom. The Balaban J connectivity index is 1.98. The van der Waals surface area contributed by atoms with E-state index in [1.54, 1.807) is 7.11 Å². The van der Waals surface area contributed by atoms with Crippen LogP contribution in [0, 0.1) is 6.92 Å². The molecule has 0 aliphatic carbocycles. The molecule has 3 aromatic rings. The van der Waals surface area contributed by atoms with Crippen LogP contribution in [0.3, 0.4) is 0 Å². The molecular weight excluding hydrogens is 330 g/mol. The normalized spacial score (nSPS) is 10.5. The fourth-order valence-electron chi connectivity index (χ4n) is 2.86. The van der Waals surface area contributed by atoms with E-state index in [4.69, 9.17) is 9.84 Å². The summed E-state index contributed by atoms with van der Waals surface area (Å²) in [5.74, 6) is -0.353. The number of carboxylic acids is 1. The Hall–Kier alpha value is -3.34. The van der Waals surface area contributed by atoms with Crippen LogP contribution < -0.4 is 10.3 Å². The molecule has 0 fully saturated rings. The van der Waals surface area contributed by atoms with Crippen molar-refractivity contribution >= 4 is 5.97 Å². The molecule has 0 amide bonds. The molecule has 1 heterocycles. The Morgan fingerprint density at radius 1 is 1.12 bits per heavy atom. The largest absolute Gasteiger partial charge is 0.496 e. The molecule has 0 aliphatic heterocycles. The number of rotatable bonds is 5. The first kappa shape index (κ1) is 17.5. The summed E-state index contributed by atoms with van der Waals surface area (Å²) in [4.78, 5) is 23.1. The number of carboxylic acid groups (broad SMARTS) is 1. The highest BCUT2D eigenvalue weighted by atomic mass is 16.5. The minimum atomic E-state index is -1.11. The topological polar surface area (TPSA) is 68.5 Å². The number of hydrogen-bond acceptors (Lipinski definition) is 3. The van der Waals surface area contributed by atoms with Crippen molar-refractivity contribution in [2.24, 2.45) is 0 Å². The SMILES string of the molecule is COc1ccc(Cn2ccc(C(=O)O)cc2=O)cc1-c1cccc(C)c1. The van der Waals surface area contributed by atoms with Crippen molar-refractivity contribution in [2.45, 2.75) is 13.5 Å². The molecule has 5 heteroatoms. The molecular formula is C21H19NO4. The summed E-state index contributed by atoms with van der Waals surface area (Å²) in [7, 11) is 1.63. The molecule has 0 aliphatic rings. The maximum Gasteiger partial charge on any atom is 0.335 e. The maximum atomic E-state index is 12.1.